The number of rotatable bonds is 8. The molecule has 1 aromatic heterocycles. The van der Waals surface area contributed by atoms with Gasteiger partial charge in [0.1, 0.15) is 5.75 Å². The van der Waals surface area contributed by atoms with Gasteiger partial charge in [0, 0.05) is 18.8 Å². The molecule has 6 nitrogen and oxygen atoms in total. The van der Waals surface area contributed by atoms with Crippen LogP contribution in [0.5, 0.6) is 5.75 Å². The summed E-state index contributed by atoms with van der Waals surface area (Å²) in [6.45, 7) is 4.27. The molecule has 0 aliphatic rings. The van der Waals surface area contributed by atoms with Crippen LogP contribution < -0.4 is 15.6 Å². The van der Waals surface area contributed by atoms with E-state index in [1.807, 2.05) is 24.3 Å². The van der Waals surface area contributed by atoms with Crippen molar-refractivity contribution in [3.8, 4) is 5.75 Å². The zero-order valence-corrected chi connectivity index (χ0v) is 14.5. The number of aromatic nitrogens is 1. The minimum atomic E-state index is -0.852. The SMILES string of the molecule is CC(C)c1ccc(OCC(=O)NC[C@H](O)Cn2ccccc2=O)cc1. The van der Waals surface area contributed by atoms with E-state index in [0.29, 0.717) is 11.7 Å². The van der Waals surface area contributed by atoms with Gasteiger partial charge in [0.05, 0.1) is 12.6 Å². The number of nitrogens with one attached hydrogen (secondary N) is 1. The lowest BCUT2D eigenvalue weighted by Gasteiger charge is -2.14. The molecule has 0 spiro atoms. The van der Waals surface area contributed by atoms with Gasteiger partial charge in [0.15, 0.2) is 6.61 Å². The zero-order chi connectivity index (χ0) is 18.2. The molecule has 6 heteroatoms. The fourth-order valence-electron chi connectivity index (χ4n) is 2.28. The van der Waals surface area contributed by atoms with Crippen molar-refractivity contribution >= 4 is 5.91 Å². The van der Waals surface area contributed by atoms with Gasteiger partial charge in [-0.1, -0.05) is 32.0 Å². The summed E-state index contributed by atoms with van der Waals surface area (Å²) in [5.41, 5.74) is 1.01. The molecule has 0 fully saturated rings. The highest BCUT2D eigenvalue weighted by Crippen LogP contribution is 2.18. The van der Waals surface area contributed by atoms with Gasteiger partial charge in [-0.25, -0.2) is 0 Å². The monoisotopic (exact) mass is 344 g/mol. The second kappa shape index (κ2) is 9.03. The third-order valence-electron chi connectivity index (χ3n) is 3.76. The van der Waals surface area contributed by atoms with Gasteiger partial charge in [-0.2, -0.15) is 0 Å². The van der Waals surface area contributed by atoms with Crippen LogP contribution in [0.25, 0.3) is 0 Å². The first kappa shape index (κ1) is 18.7. The van der Waals surface area contributed by atoms with Crippen LogP contribution in [0.4, 0.5) is 0 Å². The fourth-order valence-corrected chi connectivity index (χ4v) is 2.28. The van der Waals surface area contributed by atoms with E-state index in [0.717, 1.165) is 0 Å². The van der Waals surface area contributed by atoms with Crippen molar-refractivity contribution in [2.45, 2.75) is 32.4 Å². The third-order valence-corrected chi connectivity index (χ3v) is 3.76. The van der Waals surface area contributed by atoms with Crippen LogP contribution >= 0.6 is 0 Å². The summed E-state index contributed by atoms with van der Waals surface area (Å²) >= 11 is 0. The second-order valence-corrected chi connectivity index (χ2v) is 6.16. The highest BCUT2D eigenvalue weighted by molar-refractivity contribution is 5.77. The van der Waals surface area contributed by atoms with Crippen molar-refractivity contribution in [3.63, 3.8) is 0 Å². The van der Waals surface area contributed by atoms with Gasteiger partial charge in [-0.3, -0.25) is 9.59 Å². The van der Waals surface area contributed by atoms with Gasteiger partial charge in [0.2, 0.25) is 0 Å². The molecular weight excluding hydrogens is 320 g/mol. The number of nitrogens with zero attached hydrogens (tertiary/aromatic N) is 1. The lowest BCUT2D eigenvalue weighted by molar-refractivity contribution is -0.123. The summed E-state index contributed by atoms with van der Waals surface area (Å²) < 4.78 is 6.82. The number of aliphatic hydroxyl groups excluding tert-OH is 1. The molecule has 1 atom stereocenters. The van der Waals surface area contributed by atoms with Crippen LogP contribution in [-0.2, 0) is 11.3 Å². The Morgan fingerprint density at radius 1 is 1.20 bits per heavy atom. The molecule has 0 saturated carbocycles. The van der Waals surface area contributed by atoms with E-state index in [-0.39, 0.29) is 31.2 Å². The Morgan fingerprint density at radius 2 is 1.92 bits per heavy atom. The van der Waals surface area contributed by atoms with E-state index >= 15 is 0 Å². The van der Waals surface area contributed by atoms with E-state index in [4.69, 9.17) is 4.74 Å². The van der Waals surface area contributed by atoms with E-state index in [2.05, 4.69) is 19.2 Å². The number of carbonyl (C=O) groups excluding carboxylic acids is 1. The topological polar surface area (TPSA) is 80.6 Å². The lowest BCUT2D eigenvalue weighted by atomic mass is 10.0. The average Bonchev–Trinajstić information content (AvgIpc) is 2.60. The standard InChI is InChI=1S/C19H24N2O4/c1-14(2)15-6-8-17(9-7-15)25-13-18(23)20-11-16(22)12-21-10-4-3-5-19(21)24/h3-10,14,16,22H,11-13H2,1-2H3,(H,20,23)/t16-/m0/s1. The molecule has 2 aromatic rings. The molecular formula is C19H24N2O4. The highest BCUT2D eigenvalue weighted by Gasteiger charge is 2.09. The van der Waals surface area contributed by atoms with Gasteiger partial charge in [-0.15, -0.1) is 0 Å². The molecule has 1 heterocycles. The smallest absolute Gasteiger partial charge is 0.258 e. The maximum atomic E-state index is 11.8. The number of aliphatic hydroxyl groups is 1. The average molecular weight is 344 g/mol. The van der Waals surface area contributed by atoms with Gasteiger partial charge < -0.3 is 19.7 Å². The van der Waals surface area contributed by atoms with Gasteiger partial charge in [0.25, 0.3) is 11.5 Å². The Morgan fingerprint density at radius 3 is 2.56 bits per heavy atom. The van der Waals surface area contributed by atoms with Crippen LogP contribution in [-0.4, -0.2) is 34.8 Å². The predicted octanol–water partition coefficient (Wildman–Crippen LogP) is 1.53. The van der Waals surface area contributed by atoms with Gasteiger partial charge in [-0.05, 0) is 29.7 Å². The molecule has 134 valence electrons. The zero-order valence-electron chi connectivity index (χ0n) is 14.5. The maximum absolute atomic E-state index is 11.8. The first-order chi connectivity index (χ1) is 12.0. The van der Waals surface area contributed by atoms with Gasteiger partial charge >= 0.3 is 0 Å². The molecule has 1 aromatic carbocycles. The Labute approximate surface area is 147 Å². The Bertz CT molecular complexity index is 738. The summed E-state index contributed by atoms with van der Waals surface area (Å²) in [7, 11) is 0. The number of pyridine rings is 1. The van der Waals surface area contributed by atoms with Crippen molar-refractivity contribution in [1.29, 1.82) is 0 Å². The molecule has 1 amide bonds. The first-order valence-corrected chi connectivity index (χ1v) is 8.28. The predicted molar refractivity (Wildman–Crippen MR) is 95.7 cm³/mol. The van der Waals surface area contributed by atoms with E-state index < -0.39 is 6.10 Å². The van der Waals surface area contributed by atoms with Crippen molar-refractivity contribution in [1.82, 2.24) is 9.88 Å². The minimum absolute atomic E-state index is 0.0514. The normalized spacial score (nSPS) is 12.0. The molecule has 0 unspecified atom stereocenters. The van der Waals surface area contributed by atoms with E-state index in [1.54, 1.807) is 18.3 Å². The largest absolute Gasteiger partial charge is 0.484 e. The Kier molecular flexibility index (Phi) is 6.77. The molecule has 0 aliphatic heterocycles. The van der Waals surface area contributed by atoms with Crippen LogP contribution in [0, 0.1) is 0 Å². The summed E-state index contributed by atoms with van der Waals surface area (Å²) in [5.74, 6) is 0.735. The number of benzene rings is 1. The van der Waals surface area contributed by atoms with Crippen molar-refractivity contribution in [3.05, 3.63) is 64.6 Å². The summed E-state index contributed by atoms with van der Waals surface area (Å²) in [6, 6.07) is 12.4. The molecule has 0 radical (unpaired) electrons. The fraction of sp³-hybridized carbons (Fsp3) is 0.368. The van der Waals surface area contributed by atoms with Crippen LogP contribution in [0.1, 0.15) is 25.3 Å². The van der Waals surface area contributed by atoms with Crippen LogP contribution in [0.3, 0.4) is 0 Å². The maximum Gasteiger partial charge on any atom is 0.258 e. The van der Waals surface area contributed by atoms with Crippen molar-refractivity contribution in [2.24, 2.45) is 0 Å². The summed E-state index contributed by atoms with van der Waals surface area (Å²) in [6.07, 6.45) is 0.742. The number of hydrogen-bond acceptors (Lipinski definition) is 4. The number of hydrogen-bond donors (Lipinski definition) is 2. The third kappa shape index (κ3) is 6.08. The van der Waals surface area contributed by atoms with E-state index in [9.17, 15) is 14.7 Å². The number of carbonyl (C=O) groups is 1. The second-order valence-electron chi connectivity index (χ2n) is 6.16. The molecule has 0 bridgehead atoms. The molecule has 0 saturated heterocycles. The van der Waals surface area contributed by atoms with Crippen molar-refractivity contribution < 1.29 is 14.6 Å². The van der Waals surface area contributed by atoms with Crippen LogP contribution in [0.2, 0.25) is 0 Å². The van der Waals surface area contributed by atoms with Crippen LogP contribution in [0.15, 0.2) is 53.5 Å². The Balaban J connectivity index is 1.73. The number of amides is 1. The first-order valence-electron chi connectivity index (χ1n) is 8.28. The Hall–Kier alpha value is -2.60. The van der Waals surface area contributed by atoms with Crippen molar-refractivity contribution in [2.75, 3.05) is 13.2 Å². The molecule has 2 N–H and O–H groups in total. The molecule has 0 aliphatic carbocycles. The summed E-state index contributed by atoms with van der Waals surface area (Å²) in [5, 5.41) is 12.5. The minimum Gasteiger partial charge on any atom is -0.484 e. The van der Waals surface area contributed by atoms with E-state index in [1.165, 1.54) is 16.2 Å². The quantitative estimate of drug-likeness (QED) is 0.761. The molecule has 2 rings (SSSR count). The summed E-state index contributed by atoms with van der Waals surface area (Å²) in [4.78, 5) is 23.4. The molecule has 25 heavy (non-hydrogen) atoms. The lowest BCUT2D eigenvalue weighted by Crippen LogP contribution is -2.38. The number of ether oxygens (including phenoxy) is 1. The highest BCUT2D eigenvalue weighted by atomic mass is 16.5.